The molecule has 5 aromatic rings. The molecule has 0 saturated carbocycles. The molecule has 1 amide bonds. The minimum Gasteiger partial charge on any atom is -0.444 e. The molecule has 0 spiro atoms. The summed E-state index contributed by atoms with van der Waals surface area (Å²) in [5.74, 6) is 0.224. The number of carbonyl (C=O) groups excluding carboxylic acids is 1. The molecule has 0 aliphatic carbocycles. The second kappa shape index (κ2) is 9.46. The summed E-state index contributed by atoms with van der Waals surface area (Å²) >= 11 is 0. The van der Waals surface area contributed by atoms with Gasteiger partial charge in [-0.15, -0.1) is 0 Å². The molecule has 3 aromatic heterocycles. The summed E-state index contributed by atoms with van der Waals surface area (Å²) in [5.41, 5.74) is 3.80. The number of hydrogen-bond acceptors (Lipinski definition) is 5. The first-order valence-electron chi connectivity index (χ1n) is 13.5. The van der Waals surface area contributed by atoms with E-state index >= 15 is 0 Å². The highest BCUT2D eigenvalue weighted by atomic mass is 19.1. The van der Waals surface area contributed by atoms with Crippen LogP contribution in [0.1, 0.15) is 43.2 Å². The van der Waals surface area contributed by atoms with Crippen molar-refractivity contribution in [2.45, 2.75) is 53.2 Å². The predicted octanol–water partition coefficient (Wildman–Crippen LogP) is 4.75. The maximum Gasteiger partial charge on any atom is 0.410 e. The third-order valence-corrected chi connectivity index (χ3v) is 7.34. The van der Waals surface area contributed by atoms with Gasteiger partial charge in [-0.05, 0) is 76.1 Å². The molecule has 6 rings (SSSR count). The number of carbonyl (C=O) groups is 1. The third kappa shape index (κ3) is 4.60. The molecule has 212 valence electrons. The van der Waals surface area contributed by atoms with E-state index in [1.807, 2.05) is 46.0 Å². The zero-order chi connectivity index (χ0) is 29.2. The summed E-state index contributed by atoms with van der Waals surface area (Å²) in [4.78, 5) is 28.6. The summed E-state index contributed by atoms with van der Waals surface area (Å²) in [6, 6.07) is 9.15. The zero-order valence-corrected chi connectivity index (χ0v) is 24.0. The van der Waals surface area contributed by atoms with Gasteiger partial charge >= 0.3 is 11.8 Å². The van der Waals surface area contributed by atoms with Crippen molar-refractivity contribution in [1.29, 1.82) is 0 Å². The van der Waals surface area contributed by atoms with Crippen LogP contribution in [0.2, 0.25) is 0 Å². The molecule has 0 saturated heterocycles. The van der Waals surface area contributed by atoms with Crippen LogP contribution in [0.4, 0.5) is 9.18 Å². The summed E-state index contributed by atoms with van der Waals surface area (Å²) in [7, 11) is 1.87. The van der Waals surface area contributed by atoms with Crippen molar-refractivity contribution in [3.05, 3.63) is 87.6 Å². The number of hydrogen-bond donors (Lipinski definition) is 0. The number of imidazole rings is 1. The number of nitrogens with zero attached hydrogens (tertiary/aromatic N) is 7. The normalized spacial score (nSPS) is 13.6. The summed E-state index contributed by atoms with van der Waals surface area (Å²) in [5, 5.41) is 10.1. The van der Waals surface area contributed by atoms with Gasteiger partial charge in [-0.1, -0.05) is 0 Å². The fourth-order valence-electron chi connectivity index (χ4n) is 5.35. The quantitative estimate of drug-likeness (QED) is 0.319. The lowest BCUT2D eigenvalue weighted by atomic mass is 10.1. The molecule has 10 nitrogen and oxygen atoms in total. The Labute approximate surface area is 236 Å². The van der Waals surface area contributed by atoms with Gasteiger partial charge in [-0.25, -0.2) is 18.7 Å². The Morgan fingerprint density at radius 3 is 2.44 bits per heavy atom. The van der Waals surface area contributed by atoms with Crippen molar-refractivity contribution < 1.29 is 13.9 Å². The van der Waals surface area contributed by atoms with E-state index in [1.54, 1.807) is 63.4 Å². The van der Waals surface area contributed by atoms with Gasteiger partial charge in [0.2, 0.25) is 0 Å². The molecule has 1 aliphatic rings. The average Bonchev–Trinajstić information content (AvgIpc) is 3.59. The molecule has 0 fully saturated rings. The molecular formula is C30H32FN7O3. The fourth-order valence-corrected chi connectivity index (χ4v) is 5.35. The first-order valence-corrected chi connectivity index (χ1v) is 13.5. The van der Waals surface area contributed by atoms with E-state index in [1.165, 1.54) is 4.57 Å². The molecule has 1 aliphatic heterocycles. The number of ether oxygens (including phenoxy) is 1. The highest BCUT2D eigenvalue weighted by Gasteiger charge is 2.32. The predicted molar refractivity (Wildman–Crippen MR) is 153 cm³/mol. The molecule has 4 heterocycles. The van der Waals surface area contributed by atoms with Crippen molar-refractivity contribution in [3.8, 4) is 17.2 Å². The van der Waals surface area contributed by atoms with Crippen molar-refractivity contribution in [3.63, 3.8) is 0 Å². The Bertz CT molecular complexity index is 1860. The van der Waals surface area contributed by atoms with Gasteiger partial charge in [0, 0.05) is 43.4 Å². The van der Waals surface area contributed by atoms with Crippen LogP contribution in [0.25, 0.3) is 28.1 Å². The van der Waals surface area contributed by atoms with Crippen LogP contribution in [-0.4, -0.2) is 51.8 Å². The minimum atomic E-state index is -0.642. The van der Waals surface area contributed by atoms with Crippen LogP contribution in [0, 0.1) is 19.7 Å². The molecular weight excluding hydrogens is 525 g/mol. The summed E-state index contributed by atoms with van der Waals surface area (Å²) in [6.45, 7) is 9.54. The van der Waals surface area contributed by atoms with Crippen LogP contribution in [-0.2, 0) is 24.8 Å². The molecule has 41 heavy (non-hydrogen) atoms. The zero-order valence-electron chi connectivity index (χ0n) is 24.0. The number of aromatic nitrogens is 6. The largest absolute Gasteiger partial charge is 0.444 e. The molecule has 2 aromatic carbocycles. The second-order valence-electron chi connectivity index (χ2n) is 11.5. The highest BCUT2D eigenvalue weighted by Crippen LogP contribution is 2.30. The van der Waals surface area contributed by atoms with Crippen molar-refractivity contribution in [1.82, 2.24) is 33.6 Å². The van der Waals surface area contributed by atoms with Gasteiger partial charge in [0.05, 0.1) is 35.3 Å². The van der Waals surface area contributed by atoms with E-state index < -0.39 is 11.7 Å². The average molecular weight is 558 g/mol. The molecule has 0 unspecified atom stereocenters. The van der Waals surface area contributed by atoms with Crippen molar-refractivity contribution >= 4 is 17.0 Å². The van der Waals surface area contributed by atoms with E-state index in [2.05, 4.69) is 5.10 Å². The number of halogens is 1. The Kier molecular flexibility index (Phi) is 6.13. The Balaban J connectivity index is 1.50. The Hall–Kier alpha value is -4.67. The molecule has 0 bridgehead atoms. The van der Waals surface area contributed by atoms with Crippen LogP contribution >= 0.6 is 0 Å². The van der Waals surface area contributed by atoms with E-state index in [4.69, 9.17) is 9.84 Å². The molecule has 0 atom stereocenters. The topological polar surface area (TPSA) is 92.1 Å². The van der Waals surface area contributed by atoms with Crippen LogP contribution in [0.15, 0.2) is 53.7 Å². The van der Waals surface area contributed by atoms with Gasteiger partial charge < -0.3 is 9.64 Å². The van der Waals surface area contributed by atoms with Crippen LogP contribution in [0.3, 0.4) is 0 Å². The first kappa shape index (κ1) is 26.5. The maximum atomic E-state index is 14.6. The van der Waals surface area contributed by atoms with E-state index in [0.29, 0.717) is 41.3 Å². The fraction of sp³-hybridized carbons (Fsp3) is 0.333. The number of fused-ring (bicyclic) bond motifs is 2. The van der Waals surface area contributed by atoms with Gasteiger partial charge in [0.25, 0.3) is 0 Å². The lowest BCUT2D eigenvalue weighted by Gasteiger charge is -2.29. The number of amides is 1. The number of benzene rings is 2. The minimum absolute atomic E-state index is 0.220. The molecule has 0 radical (unpaired) electrons. The molecule has 0 N–H and O–H groups in total. The summed E-state index contributed by atoms with van der Waals surface area (Å²) < 4.78 is 26.8. The molecule has 11 heteroatoms. The first-order chi connectivity index (χ1) is 19.4. The van der Waals surface area contributed by atoms with Gasteiger partial charge in [0.1, 0.15) is 17.2 Å². The third-order valence-electron chi connectivity index (χ3n) is 7.34. The smallest absolute Gasteiger partial charge is 0.410 e. The van der Waals surface area contributed by atoms with Gasteiger partial charge in [-0.3, -0.25) is 13.8 Å². The van der Waals surface area contributed by atoms with E-state index in [-0.39, 0.29) is 18.1 Å². The summed E-state index contributed by atoms with van der Waals surface area (Å²) in [6.07, 6.45) is 5.22. The lowest BCUT2D eigenvalue weighted by Crippen LogP contribution is -2.40. The Morgan fingerprint density at radius 1 is 1.02 bits per heavy atom. The monoisotopic (exact) mass is 557 g/mol. The highest BCUT2D eigenvalue weighted by molar-refractivity contribution is 5.80. The second-order valence-corrected chi connectivity index (χ2v) is 11.5. The van der Waals surface area contributed by atoms with Crippen LogP contribution in [0.5, 0.6) is 0 Å². The van der Waals surface area contributed by atoms with Crippen molar-refractivity contribution in [2.24, 2.45) is 7.05 Å². The Morgan fingerprint density at radius 2 is 1.73 bits per heavy atom. The van der Waals surface area contributed by atoms with Crippen LogP contribution < -0.4 is 5.69 Å². The number of rotatable bonds is 3. The van der Waals surface area contributed by atoms with Gasteiger partial charge in [-0.2, -0.15) is 10.2 Å². The standard InChI is InChI=1S/C30H32FN7O3/c1-18-13-22(14-19(2)26(18)31)38-27(23-17-35(10-9-24(23)33-38)29(40)41-30(3,4)5)37-12-11-36(28(37)39)21-7-8-25-20(15-21)16-32-34(25)6/h7-8,11-16H,9-10,17H2,1-6H3. The van der Waals surface area contributed by atoms with E-state index in [9.17, 15) is 14.0 Å². The SMILES string of the molecule is Cc1cc(-n2nc3c(c2-n2ccn(-c4ccc5c(cnn5C)c4)c2=O)CN(C(=O)OC(C)(C)C)CC3)cc(C)c1F. The van der Waals surface area contributed by atoms with Gasteiger partial charge in [0.15, 0.2) is 0 Å². The van der Waals surface area contributed by atoms with E-state index in [0.717, 1.165) is 22.2 Å². The van der Waals surface area contributed by atoms with Crippen molar-refractivity contribution in [2.75, 3.05) is 6.54 Å². The lowest BCUT2D eigenvalue weighted by molar-refractivity contribution is 0.0223. The maximum absolute atomic E-state index is 14.6. The number of aryl methyl sites for hydroxylation is 3.